The van der Waals surface area contributed by atoms with Gasteiger partial charge < -0.3 is 20.4 Å². The first-order valence-electron chi connectivity index (χ1n) is 12.1. The smallest absolute Gasteiger partial charge is 0.133 e. The van der Waals surface area contributed by atoms with Crippen LogP contribution in [0.2, 0.25) is 5.02 Å². The Kier molecular flexibility index (Phi) is 6.94. The molecule has 6 nitrogen and oxygen atoms in total. The Labute approximate surface area is 216 Å². The lowest BCUT2D eigenvalue weighted by Gasteiger charge is -2.34. The molecule has 2 N–H and O–H groups in total. The molecule has 8 heteroatoms. The Bertz CT molecular complexity index is 1400. The highest BCUT2D eigenvalue weighted by Gasteiger charge is 2.19. The Morgan fingerprint density at radius 2 is 1.78 bits per heavy atom. The lowest BCUT2D eigenvalue weighted by Crippen LogP contribution is -2.45. The van der Waals surface area contributed by atoms with E-state index in [1.54, 1.807) is 12.3 Å². The number of hydrogen-bond donors (Lipinski definition) is 2. The van der Waals surface area contributed by atoms with Crippen LogP contribution < -0.4 is 15.5 Å². The number of rotatable bonds is 6. The van der Waals surface area contributed by atoms with E-state index in [0.717, 1.165) is 71.2 Å². The first kappa shape index (κ1) is 24.3. The number of piperazine rings is 1. The average Bonchev–Trinajstić information content (AvgIpc) is 2.86. The van der Waals surface area contributed by atoms with Crippen molar-refractivity contribution in [3.8, 4) is 0 Å². The van der Waals surface area contributed by atoms with E-state index < -0.39 is 0 Å². The van der Waals surface area contributed by atoms with Gasteiger partial charge in [0.25, 0.3) is 0 Å². The second kappa shape index (κ2) is 10.3. The van der Waals surface area contributed by atoms with Crippen molar-refractivity contribution in [1.82, 2.24) is 14.9 Å². The van der Waals surface area contributed by atoms with Crippen molar-refractivity contribution >= 4 is 45.4 Å². The lowest BCUT2D eigenvalue weighted by atomic mass is 10.1. The maximum atomic E-state index is 14.8. The molecule has 0 amide bonds. The van der Waals surface area contributed by atoms with E-state index >= 15 is 0 Å². The van der Waals surface area contributed by atoms with Gasteiger partial charge in [0.15, 0.2) is 0 Å². The van der Waals surface area contributed by atoms with Crippen molar-refractivity contribution in [2.24, 2.45) is 0 Å². The number of hydrogen-bond acceptors (Lipinski definition) is 6. The van der Waals surface area contributed by atoms with Gasteiger partial charge in [-0.3, -0.25) is 4.98 Å². The number of nitrogens with one attached hydrogen (secondary N) is 2. The second-order valence-corrected chi connectivity index (χ2v) is 9.79. The zero-order chi connectivity index (χ0) is 25.2. The van der Waals surface area contributed by atoms with Gasteiger partial charge in [-0.1, -0.05) is 11.6 Å². The summed E-state index contributed by atoms with van der Waals surface area (Å²) in [6.07, 6.45) is 1.74. The number of likely N-dealkylation sites (N-methyl/N-ethyl adjacent to an activating group) is 1. The van der Waals surface area contributed by atoms with Gasteiger partial charge in [-0.05, 0) is 69.4 Å². The summed E-state index contributed by atoms with van der Waals surface area (Å²) in [7, 11) is 2.14. The third-order valence-corrected chi connectivity index (χ3v) is 6.91. The summed E-state index contributed by atoms with van der Waals surface area (Å²) in [6, 6.07) is 14.6. The first-order chi connectivity index (χ1) is 17.4. The van der Waals surface area contributed by atoms with Crippen LogP contribution >= 0.6 is 11.6 Å². The molecule has 0 spiro atoms. The van der Waals surface area contributed by atoms with Crippen molar-refractivity contribution in [3.05, 3.63) is 82.4 Å². The summed E-state index contributed by atoms with van der Waals surface area (Å²) in [5.74, 6) is 0.758. The van der Waals surface area contributed by atoms with Gasteiger partial charge in [-0.2, -0.15) is 0 Å². The maximum absolute atomic E-state index is 14.8. The molecule has 4 aromatic rings. The molecule has 186 valence electrons. The van der Waals surface area contributed by atoms with E-state index in [1.165, 1.54) is 6.07 Å². The molecular formula is C28H30ClFN6. The van der Waals surface area contributed by atoms with E-state index in [-0.39, 0.29) is 5.82 Å². The number of anilines is 4. The zero-order valence-corrected chi connectivity index (χ0v) is 21.5. The minimum Gasteiger partial charge on any atom is -0.380 e. The van der Waals surface area contributed by atoms with Crippen molar-refractivity contribution in [2.45, 2.75) is 20.4 Å². The summed E-state index contributed by atoms with van der Waals surface area (Å²) in [6.45, 7) is 8.38. The SMILES string of the molecule is Cc1cc(NCc2cc(Nc3ccnc4cc(Cl)ccc34)ccc2F)c(C)c(N2CCN(C)CC2)n1. The van der Waals surface area contributed by atoms with E-state index in [2.05, 4.69) is 39.4 Å². The van der Waals surface area contributed by atoms with Crippen LogP contribution in [-0.2, 0) is 6.54 Å². The van der Waals surface area contributed by atoms with E-state index in [0.29, 0.717) is 17.1 Å². The molecule has 0 unspecified atom stereocenters. The predicted molar refractivity (Wildman–Crippen MR) is 147 cm³/mol. The Morgan fingerprint density at radius 1 is 0.972 bits per heavy atom. The molecule has 0 aliphatic carbocycles. The summed E-state index contributed by atoms with van der Waals surface area (Å²) in [4.78, 5) is 13.9. The molecule has 0 saturated carbocycles. The van der Waals surface area contributed by atoms with Crippen molar-refractivity contribution in [1.29, 1.82) is 0 Å². The van der Waals surface area contributed by atoms with Gasteiger partial charge in [-0.15, -0.1) is 0 Å². The maximum Gasteiger partial charge on any atom is 0.133 e. The Balaban J connectivity index is 1.35. The summed E-state index contributed by atoms with van der Waals surface area (Å²) in [5, 5.41) is 8.45. The van der Waals surface area contributed by atoms with Crippen LogP contribution in [0, 0.1) is 19.7 Å². The number of nitrogens with zero attached hydrogens (tertiary/aromatic N) is 4. The van der Waals surface area contributed by atoms with E-state index in [9.17, 15) is 4.39 Å². The molecule has 0 bridgehead atoms. The molecule has 0 radical (unpaired) electrons. The lowest BCUT2D eigenvalue weighted by molar-refractivity contribution is 0.312. The molecule has 1 aliphatic heterocycles. The van der Waals surface area contributed by atoms with Crippen LogP contribution in [0.4, 0.5) is 27.3 Å². The fourth-order valence-corrected chi connectivity index (χ4v) is 4.76. The number of fused-ring (bicyclic) bond motifs is 1. The fraction of sp³-hybridized carbons (Fsp3) is 0.286. The number of pyridine rings is 2. The van der Waals surface area contributed by atoms with Crippen molar-refractivity contribution in [3.63, 3.8) is 0 Å². The predicted octanol–water partition coefficient (Wildman–Crippen LogP) is 6.15. The third-order valence-electron chi connectivity index (χ3n) is 6.68. The molecule has 36 heavy (non-hydrogen) atoms. The highest BCUT2D eigenvalue weighted by Crippen LogP contribution is 2.30. The quantitative estimate of drug-likeness (QED) is 0.328. The molecule has 2 aromatic carbocycles. The van der Waals surface area contributed by atoms with E-state index in [1.807, 2.05) is 43.3 Å². The van der Waals surface area contributed by atoms with Crippen LogP contribution in [-0.4, -0.2) is 48.1 Å². The van der Waals surface area contributed by atoms with Crippen LogP contribution in [0.3, 0.4) is 0 Å². The highest BCUT2D eigenvalue weighted by molar-refractivity contribution is 6.31. The minimum absolute atomic E-state index is 0.248. The Hall–Kier alpha value is -3.42. The molecule has 1 saturated heterocycles. The van der Waals surface area contributed by atoms with Crippen LogP contribution in [0.1, 0.15) is 16.8 Å². The number of aryl methyl sites for hydroxylation is 1. The molecule has 5 rings (SSSR count). The first-order valence-corrected chi connectivity index (χ1v) is 12.5. The highest BCUT2D eigenvalue weighted by atomic mass is 35.5. The number of benzene rings is 2. The monoisotopic (exact) mass is 504 g/mol. The summed E-state index contributed by atoms with van der Waals surface area (Å²) in [5.41, 5.74) is 6.08. The van der Waals surface area contributed by atoms with Crippen LogP contribution in [0.5, 0.6) is 0 Å². The molecule has 1 aliphatic rings. The standard InChI is InChI=1S/C28H30ClFN6/c1-18-14-26(19(2)28(33-18)36-12-10-35(3)11-13-36)32-17-20-15-22(5-7-24(20)30)34-25-8-9-31-27-16-21(29)4-6-23(25)27/h4-9,14-16H,10-13,17H2,1-3H3,(H,31,34)(H,32,33). The molecule has 2 aromatic heterocycles. The van der Waals surface area contributed by atoms with Gasteiger partial charge in [-0.25, -0.2) is 9.37 Å². The fourth-order valence-electron chi connectivity index (χ4n) is 4.59. The van der Waals surface area contributed by atoms with Crippen LogP contribution in [0.15, 0.2) is 54.7 Å². The largest absolute Gasteiger partial charge is 0.380 e. The normalized spacial score (nSPS) is 14.3. The number of halogens is 2. The van der Waals surface area contributed by atoms with Crippen LogP contribution in [0.25, 0.3) is 10.9 Å². The van der Waals surface area contributed by atoms with E-state index in [4.69, 9.17) is 16.6 Å². The molecule has 1 fully saturated rings. The van der Waals surface area contributed by atoms with Gasteiger partial charge >= 0.3 is 0 Å². The van der Waals surface area contributed by atoms with Gasteiger partial charge in [0.05, 0.1) is 5.52 Å². The molecular weight excluding hydrogens is 475 g/mol. The minimum atomic E-state index is -0.248. The second-order valence-electron chi connectivity index (χ2n) is 9.35. The average molecular weight is 505 g/mol. The van der Waals surface area contributed by atoms with Gasteiger partial charge in [0, 0.05) is 83.2 Å². The molecule has 0 atom stereocenters. The van der Waals surface area contributed by atoms with Crippen molar-refractivity contribution in [2.75, 3.05) is 48.8 Å². The zero-order valence-electron chi connectivity index (χ0n) is 20.8. The molecule has 3 heterocycles. The van der Waals surface area contributed by atoms with Gasteiger partial charge in [0.2, 0.25) is 0 Å². The third kappa shape index (κ3) is 5.22. The topological polar surface area (TPSA) is 56.3 Å². The Morgan fingerprint density at radius 3 is 2.58 bits per heavy atom. The summed E-state index contributed by atoms with van der Waals surface area (Å²) >= 11 is 6.12. The number of aromatic nitrogens is 2. The van der Waals surface area contributed by atoms with Crippen molar-refractivity contribution < 1.29 is 4.39 Å². The summed E-state index contributed by atoms with van der Waals surface area (Å²) < 4.78 is 14.8. The van der Waals surface area contributed by atoms with Gasteiger partial charge in [0.1, 0.15) is 11.6 Å².